The highest BCUT2D eigenvalue weighted by Gasteiger charge is 2.29. The number of halogens is 2. The summed E-state index contributed by atoms with van der Waals surface area (Å²) in [6, 6.07) is 8.59. The van der Waals surface area contributed by atoms with Gasteiger partial charge in [-0.05, 0) is 36.4 Å². The van der Waals surface area contributed by atoms with E-state index in [1.807, 2.05) is 0 Å². The van der Waals surface area contributed by atoms with Crippen LogP contribution in [-0.4, -0.2) is 47.4 Å². The van der Waals surface area contributed by atoms with E-state index in [0.717, 1.165) is 22.5 Å². The SMILES string of the molecule is O=S(=O)(Nc1ccc(F)c(S(=O)(=O)N2CCOCC2)c1)c1cccc(Cl)c1. The number of nitrogens with one attached hydrogen (secondary N) is 1. The summed E-state index contributed by atoms with van der Waals surface area (Å²) in [6.07, 6.45) is 0. The maximum atomic E-state index is 14.2. The highest BCUT2D eigenvalue weighted by Crippen LogP contribution is 2.26. The molecule has 1 fully saturated rings. The molecule has 1 N–H and O–H groups in total. The smallest absolute Gasteiger partial charge is 0.261 e. The third kappa shape index (κ3) is 4.41. The Hall–Kier alpha value is -1.72. The third-order valence-corrected chi connectivity index (χ3v) is 7.41. The van der Waals surface area contributed by atoms with Gasteiger partial charge in [0.25, 0.3) is 10.0 Å². The van der Waals surface area contributed by atoms with Gasteiger partial charge in [-0.1, -0.05) is 17.7 Å². The number of anilines is 1. The van der Waals surface area contributed by atoms with E-state index in [-0.39, 0.29) is 41.9 Å². The fraction of sp³-hybridized carbons (Fsp3) is 0.250. The van der Waals surface area contributed by atoms with Gasteiger partial charge in [-0.25, -0.2) is 21.2 Å². The first-order valence-corrected chi connectivity index (χ1v) is 11.2. The molecule has 1 aliphatic rings. The molecule has 0 aliphatic carbocycles. The van der Waals surface area contributed by atoms with Crippen LogP contribution in [0.2, 0.25) is 5.02 Å². The van der Waals surface area contributed by atoms with Gasteiger partial charge in [0.15, 0.2) is 0 Å². The van der Waals surface area contributed by atoms with E-state index in [1.165, 1.54) is 24.3 Å². The van der Waals surface area contributed by atoms with Crippen molar-refractivity contribution in [3.63, 3.8) is 0 Å². The van der Waals surface area contributed by atoms with Gasteiger partial charge in [-0.3, -0.25) is 4.72 Å². The van der Waals surface area contributed by atoms with Gasteiger partial charge in [-0.2, -0.15) is 4.31 Å². The third-order valence-electron chi connectivity index (χ3n) is 3.88. The van der Waals surface area contributed by atoms with Crippen LogP contribution in [0.3, 0.4) is 0 Å². The predicted octanol–water partition coefficient (Wildman–Crippen LogP) is 2.30. The van der Waals surface area contributed by atoms with Crippen molar-refractivity contribution in [2.75, 3.05) is 31.0 Å². The van der Waals surface area contributed by atoms with E-state index < -0.39 is 30.8 Å². The minimum atomic E-state index is -4.12. The van der Waals surface area contributed by atoms with Gasteiger partial charge in [0.1, 0.15) is 10.7 Å². The van der Waals surface area contributed by atoms with Gasteiger partial charge in [-0.15, -0.1) is 0 Å². The van der Waals surface area contributed by atoms with Crippen LogP contribution in [0.5, 0.6) is 0 Å². The average Bonchev–Trinajstić information content (AvgIpc) is 2.64. The van der Waals surface area contributed by atoms with E-state index in [1.54, 1.807) is 0 Å². The molecule has 3 rings (SSSR count). The molecule has 7 nitrogen and oxygen atoms in total. The van der Waals surface area contributed by atoms with Gasteiger partial charge in [0.2, 0.25) is 10.0 Å². The Kier molecular flexibility index (Phi) is 5.73. The standard InChI is InChI=1S/C16H16ClFN2O5S2/c17-12-2-1-3-14(10-12)26(21,22)19-13-4-5-15(18)16(11-13)27(23,24)20-6-8-25-9-7-20/h1-5,10-11,19H,6-9H2. The molecule has 27 heavy (non-hydrogen) atoms. The Balaban J connectivity index is 1.94. The summed E-state index contributed by atoms with van der Waals surface area (Å²) in [6.45, 7) is 0.615. The normalized spacial score (nSPS) is 16.2. The lowest BCUT2D eigenvalue weighted by atomic mass is 10.3. The van der Waals surface area contributed by atoms with Crippen LogP contribution in [0, 0.1) is 5.82 Å². The van der Waals surface area contributed by atoms with E-state index in [2.05, 4.69) is 4.72 Å². The zero-order chi connectivity index (χ0) is 19.7. The summed E-state index contributed by atoms with van der Waals surface area (Å²) < 4.78 is 72.9. The van der Waals surface area contributed by atoms with Crippen molar-refractivity contribution in [3.8, 4) is 0 Å². The predicted molar refractivity (Wildman–Crippen MR) is 98.2 cm³/mol. The molecule has 0 unspecified atom stereocenters. The number of hydrogen-bond donors (Lipinski definition) is 1. The van der Waals surface area contributed by atoms with Crippen molar-refractivity contribution in [2.45, 2.75) is 9.79 Å². The molecular formula is C16H16ClFN2O5S2. The number of rotatable bonds is 5. The Morgan fingerprint density at radius 1 is 1.04 bits per heavy atom. The van der Waals surface area contributed by atoms with Crippen LogP contribution in [0.1, 0.15) is 0 Å². The second kappa shape index (κ2) is 7.72. The van der Waals surface area contributed by atoms with Crippen LogP contribution in [-0.2, 0) is 24.8 Å². The van der Waals surface area contributed by atoms with Crippen LogP contribution >= 0.6 is 11.6 Å². The summed E-state index contributed by atoms with van der Waals surface area (Å²) in [4.78, 5) is -0.701. The molecule has 0 saturated carbocycles. The fourth-order valence-corrected chi connectivity index (χ4v) is 5.39. The minimum Gasteiger partial charge on any atom is -0.379 e. The van der Waals surface area contributed by atoms with Crippen LogP contribution < -0.4 is 4.72 Å². The van der Waals surface area contributed by atoms with Crippen molar-refractivity contribution >= 4 is 37.3 Å². The van der Waals surface area contributed by atoms with Crippen molar-refractivity contribution < 1.29 is 26.0 Å². The van der Waals surface area contributed by atoms with Crippen molar-refractivity contribution in [2.24, 2.45) is 0 Å². The highest BCUT2D eigenvalue weighted by molar-refractivity contribution is 7.92. The van der Waals surface area contributed by atoms with Crippen LogP contribution in [0.25, 0.3) is 0 Å². The van der Waals surface area contributed by atoms with Crippen molar-refractivity contribution in [3.05, 3.63) is 53.3 Å². The molecule has 0 aromatic heterocycles. The monoisotopic (exact) mass is 434 g/mol. The Morgan fingerprint density at radius 2 is 1.74 bits per heavy atom. The fourth-order valence-electron chi connectivity index (χ4n) is 2.54. The largest absolute Gasteiger partial charge is 0.379 e. The molecule has 0 bridgehead atoms. The van der Waals surface area contributed by atoms with Gasteiger partial charge in [0, 0.05) is 18.1 Å². The first kappa shape index (κ1) is 20.0. The van der Waals surface area contributed by atoms with Gasteiger partial charge >= 0.3 is 0 Å². The molecule has 0 spiro atoms. The molecule has 1 saturated heterocycles. The first-order valence-electron chi connectivity index (χ1n) is 7.86. The molecule has 2 aromatic rings. The van der Waals surface area contributed by atoms with Gasteiger partial charge in [0.05, 0.1) is 23.8 Å². The topological polar surface area (TPSA) is 92.8 Å². The number of hydrogen-bond acceptors (Lipinski definition) is 5. The summed E-state index contributed by atoms with van der Waals surface area (Å²) in [5.74, 6) is -0.966. The Morgan fingerprint density at radius 3 is 2.41 bits per heavy atom. The quantitative estimate of drug-likeness (QED) is 0.779. The second-order valence-corrected chi connectivity index (χ2v) is 9.75. The molecule has 2 aromatic carbocycles. The van der Waals surface area contributed by atoms with Crippen LogP contribution in [0.4, 0.5) is 10.1 Å². The molecule has 1 aliphatic heterocycles. The lowest BCUT2D eigenvalue weighted by Crippen LogP contribution is -2.40. The zero-order valence-corrected chi connectivity index (χ0v) is 16.3. The average molecular weight is 435 g/mol. The highest BCUT2D eigenvalue weighted by atomic mass is 35.5. The van der Waals surface area contributed by atoms with Gasteiger partial charge < -0.3 is 4.74 Å². The number of morpholine rings is 1. The van der Waals surface area contributed by atoms with Crippen LogP contribution in [0.15, 0.2) is 52.3 Å². The number of ether oxygens (including phenoxy) is 1. The second-order valence-electron chi connectivity index (χ2n) is 5.72. The summed E-state index contributed by atoms with van der Waals surface area (Å²) in [5, 5.41) is 0.229. The summed E-state index contributed by atoms with van der Waals surface area (Å²) in [5.41, 5.74) is -0.0804. The van der Waals surface area contributed by atoms with Crippen molar-refractivity contribution in [1.29, 1.82) is 0 Å². The molecule has 1 heterocycles. The zero-order valence-electron chi connectivity index (χ0n) is 13.9. The van der Waals surface area contributed by atoms with E-state index in [0.29, 0.717) is 0 Å². The number of nitrogens with zero attached hydrogens (tertiary/aromatic N) is 1. The van der Waals surface area contributed by atoms with E-state index in [4.69, 9.17) is 16.3 Å². The maximum absolute atomic E-state index is 14.2. The Bertz CT molecular complexity index is 1050. The first-order chi connectivity index (χ1) is 12.7. The van der Waals surface area contributed by atoms with Crippen molar-refractivity contribution in [1.82, 2.24) is 4.31 Å². The lowest BCUT2D eigenvalue weighted by molar-refractivity contribution is 0.0729. The minimum absolute atomic E-state index is 0.0804. The number of sulfonamides is 2. The molecule has 0 radical (unpaired) electrons. The van der Waals surface area contributed by atoms with E-state index >= 15 is 0 Å². The maximum Gasteiger partial charge on any atom is 0.261 e. The molecule has 0 amide bonds. The molecule has 0 atom stereocenters. The molecular weight excluding hydrogens is 419 g/mol. The lowest BCUT2D eigenvalue weighted by Gasteiger charge is -2.26. The summed E-state index contributed by atoms with van der Waals surface area (Å²) in [7, 11) is -8.14. The molecule has 11 heteroatoms. The number of benzene rings is 2. The molecule has 146 valence electrons. The Labute approximate surface area is 161 Å². The van der Waals surface area contributed by atoms with E-state index in [9.17, 15) is 21.2 Å². The summed E-state index contributed by atoms with van der Waals surface area (Å²) >= 11 is 5.81.